The van der Waals surface area contributed by atoms with E-state index in [-0.39, 0.29) is 10.9 Å². The van der Waals surface area contributed by atoms with Gasteiger partial charge >= 0.3 is 0 Å². The summed E-state index contributed by atoms with van der Waals surface area (Å²) in [6.45, 7) is 4.46. The van der Waals surface area contributed by atoms with Crippen molar-refractivity contribution in [2.24, 2.45) is 0 Å². The van der Waals surface area contributed by atoms with Gasteiger partial charge in [0.25, 0.3) is 0 Å². The molecule has 2 N–H and O–H groups in total. The van der Waals surface area contributed by atoms with Gasteiger partial charge in [0.2, 0.25) is 0 Å². The van der Waals surface area contributed by atoms with Crippen LogP contribution >= 0.6 is 0 Å². The van der Waals surface area contributed by atoms with Crippen molar-refractivity contribution in [2.75, 3.05) is 0 Å². The molecule has 186 valence electrons. The van der Waals surface area contributed by atoms with Crippen molar-refractivity contribution in [3.8, 4) is 0 Å². The summed E-state index contributed by atoms with van der Waals surface area (Å²) >= 11 is 0. The average Bonchev–Trinajstić information content (AvgIpc) is 2.89. The molecule has 0 aliphatic rings. The Kier molecular flexibility index (Phi) is 7.22. The Hall–Kier alpha value is -3.40. The molecule has 4 nitrogen and oxygen atoms in total. The van der Waals surface area contributed by atoms with Gasteiger partial charge in [0.1, 0.15) is 0 Å². The highest BCUT2D eigenvalue weighted by atomic mass is 16.1. The highest BCUT2D eigenvalue weighted by Gasteiger charge is 2.15. The average molecular weight is 481 g/mol. The molecule has 0 aliphatic carbocycles. The molecule has 0 aliphatic heterocycles. The lowest BCUT2D eigenvalue weighted by Gasteiger charge is -2.14. The van der Waals surface area contributed by atoms with Crippen LogP contribution in [0.1, 0.15) is 76.3 Å². The number of aryl methyl sites for hydroxylation is 2. The molecule has 0 amide bonds. The van der Waals surface area contributed by atoms with E-state index in [0.29, 0.717) is 27.2 Å². The lowest BCUT2D eigenvalue weighted by molar-refractivity contribution is 0.652. The second kappa shape index (κ2) is 10.7. The number of aromatic amines is 2. The van der Waals surface area contributed by atoms with Crippen LogP contribution in [0.15, 0.2) is 58.1 Å². The molecule has 0 spiro atoms. The number of unbranched alkanes of at least 4 members (excludes halogenated alkanes) is 6. The molecule has 5 rings (SSSR count). The van der Waals surface area contributed by atoms with Crippen molar-refractivity contribution < 1.29 is 0 Å². The topological polar surface area (TPSA) is 65.7 Å². The van der Waals surface area contributed by atoms with E-state index in [1.807, 2.05) is 36.4 Å². The Balaban J connectivity index is 1.69. The number of aromatic nitrogens is 2. The third kappa shape index (κ3) is 4.57. The summed E-state index contributed by atoms with van der Waals surface area (Å²) in [5.74, 6) is 0. The molecule has 36 heavy (non-hydrogen) atoms. The van der Waals surface area contributed by atoms with E-state index < -0.39 is 0 Å². The lowest BCUT2D eigenvalue weighted by Crippen LogP contribution is -2.11. The maximum atomic E-state index is 14.0. The van der Waals surface area contributed by atoms with Gasteiger partial charge in [-0.25, -0.2) is 0 Å². The Bertz CT molecular complexity index is 1660. The van der Waals surface area contributed by atoms with Gasteiger partial charge in [-0.05, 0) is 67.1 Å². The van der Waals surface area contributed by atoms with Gasteiger partial charge in [-0.2, -0.15) is 0 Å². The lowest BCUT2D eigenvalue weighted by atomic mass is 9.92. The van der Waals surface area contributed by atoms with E-state index in [1.165, 1.54) is 49.7 Å². The predicted octanol–water partition coefficient (Wildman–Crippen LogP) is 7.92. The van der Waals surface area contributed by atoms with Crippen LogP contribution in [0.5, 0.6) is 0 Å². The molecule has 0 atom stereocenters. The maximum absolute atomic E-state index is 14.0. The SMILES string of the molecule is CCCCCCc1ccc2[nH]c3cc4c(=O)c5ccccc5[nH]c4cc3c(=O)c2c1CCCCCC. The van der Waals surface area contributed by atoms with Crippen LogP contribution in [0.2, 0.25) is 0 Å². The zero-order chi connectivity index (χ0) is 25.1. The number of H-pyrrole nitrogens is 2. The van der Waals surface area contributed by atoms with Gasteiger partial charge in [0.15, 0.2) is 10.9 Å². The summed E-state index contributed by atoms with van der Waals surface area (Å²) < 4.78 is 0. The van der Waals surface area contributed by atoms with Crippen molar-refractivity contribution in [1.29, 1.82) is 0 Å². The molecule has 0 saturated carbocycles. The molecule has 2 aromatic heterocycles. The Labute approximate surface area is 211 Å². The minimum Gasteiger partial charge on any atom is -0.354 e. The number of pyridine rings is 2. The fourth-order valence-corrected chi connectivity index (χ4v) is 5.59. The first kappa shape index (κ1) is 24.3. The molecule has 4 heteroatoms. The van der Waals surface area contributed by atoms with Crippen LogP contribution in [0.25, 0.3) is 43.6 Å². The maximum Gasteiger partial charge on any atom is 0.197 e. The molecule has 0 bridgehead atoms. The molecular formula is C32H36N2O2. The van der Waals surface area contributed by atoms with Gasteiger partial charge in [0.05, 0.1) is 16.6 Å². The summed E-state index contributed by atoms with van der Waals surface area (Å²) in [6, 6.07) is 15.5. The van der Waals surface area contributed by atoms with Crippen molar-refractivity contribution in [1.82, 2.24) is 9.97 Å². The summed E-state index contributed by atoms with van der Waals surface area (Å²) in [7, 11) is 0. The zero-order valence-corrected chi connectivity index (χ0v) is 21.5. The normalized spacial score (nSPS) is 11.8. The Morgan fingerprint density at radius 1 is 0.583 bits per heavy atom. The van der Waals surface area contributed by atoms with E-state index >= 15 is 0 Å². The molecule has 5 aromatic rings. The number of hydrogen-bond acceptors (Lipinski definition) is 2. The van der Waals surface area contributed by atoms with E-state index in [1.54, 1.807) is 0 Å². The van der Waals surface area contributed by atoms with Gasteiger partial charge in [-0.15, -0.1) is 0 Å². The molecule has 3 aromatic carbocycles. The number of rotatable bonds is 10. The highest BCUT2D eigenvalue weighted by Crippen LogP contribution is 2.27. The van der Waals surface area contributed by atoms with Crippen molar-refractivity contribution in [3.05, 3.63) is 80.1 Å². The molecule has 2 heterocycles. The van der Waals surface area contributed by atoms with Crippen LogP contribution < -0.4 is 10.9 Å². The van der Waals surface area contributed by atoms with Crippen molar-refractivity contribution in [2.45, 2.75) is 78.1 Å². The number of benzene rings is 3. The van der Waals surface area contributed by atoms with E-state index in [9.17, 15) is 9.59 Å². The number of fused-ring (bicyclic) bond motifs is 4. The Morgan fingerprint density at radius 2 is 1.22 bits per heavy atom. The summed E-state index contributed by atoms with van der Waals surface area (Å²) in [6.07, 6.45) is 11.5. The highest BCUT2D eigenvalue weighted by molar-refractivity contribution is 6.03. The smallest absolute Gasteiger partial charge is 0.197 e. The van der Waals surface area contributed by atoms with Gasteiger partial charge in [-0.3, -0.25) is 9.59 Å². The monoisotopic (exact) mass is 480 g/mol. The predicted molar refractivity (Wildman–Crippen MR) is 153 cm³/mol. The zero-order valence-electron chi connectivity index (χ0n) is 21.5. The Morgan fingerprint density at radius 3 is 1.94 bits per heavy atom. The number of nitrogens with one attached hydrogen (secondary N) is 2. The van der Waals surface area contributed by atoms with Crippen LogP contribution in [0.4, 0.5) is 0 Å². The number of para-hydroxylation sites is 1. The van der Waals surface area contributed by atoms with Crippen LogP contribution in [0, 0.1) is 0 Å². The molecule has 0 saturated heterocycles. The molecule has 0 unspecified atom stereocenters. The summed E-state index contributed by atoms with van der Waals surface area (Å²) in [4.78, 5) is 34.1. The fourth-order valence-electron chi connectivity index (χ4n) is 5.59. The largest absolute Gasteiger partial charge is 0.354 e. The molecule has 0 radical (unpaired) electrons. The van der Waals surface area contributed by atoms with Gasteiger partial charge < -0.3 is 9.97 Å². The van der Waals surface area contributed by atoms with E-state index in [4.69, 9.17) is 0 Å². The van der Waals surface area contributed by atoms with Crippen molar-refractivity contribution in [3.63, 3.8) is 0 Å². The summed E-state index contributed by atoms with van der Waals surface area (Å²) in [5, 5.41) is 2.73. The second-order valence-electron chi connectivity index (χ2n) is 10.1. The van der Waals surface area contributed by atoms with Crippen molar-refractivity contribution >= 4 is 43.6 Å². The second-order valence-corrected chi connectivity index (χ2v) is 10.1. The minimum atomic E-state index is -0.0127. The fraction of sp³-hybridized carbons (Fsp3) is 0.375. The van der Waals surface area contributed by atoms with E-state index in [0.717, 1.165) is 42.1 Å². The van der Waals surface area contributed by atoms with Gasteiger partial charge in [0, 0.05) is 27.1 Å². The first-order valence-electron chi connectivity index (χ1n) is 13.7. The standard InChI is InChI=1S/C32H36N2O2/c1-3-5-7-9-13-21-17-18-27-30(22(21)14-10-8-6-4-2)32(36)25-20-28-24(19-29(25)34-27)31(35)23-15-11-12-16-26(23)33-28/h11-12,15-20H,3-10,13-14H2,1-2H3,(H,33,35)(H,34,36). The first-order valence-corrected chi connectivity index (χ1v) is 13.7. The minimum absolute atomic E-state index is 0.0127. The first-order chi connectivity index (χ1) is 17.6. The molecular weight excluding hydrogens is 444 g/mol. The van der Waals surface area contributed by atoms with Crippen LogP contribution in [-0.4, -0.2) is 9.97 Å². The third-order valence-electron chi connectivity index (χ3n) is 7.57. The summed E-state index contributed by atoms with van der Waals surface area (Å²) in [5.41, 5.74) is 5.67. The molecule has 0 fully saturated rings. The number of hydrogen-bond donors (Lipinski definition) is 2. The van der Waals surface area contributed by atoms with Crippen LogP contribution in [-0.2, 0) is 12.8 Å². The van der Waals surface area contributed by atoms with Gasteiger partial charge in [-0.1, -0.05) is 70.6 Å². The van der Waals surface area contributed by atoms with Crippen LogP contribution in [0.3, 0.4) is 0 Å². The third-order valence-corrected chi connectivity index (χ3v) is 7.57. The quantitative estimate of drug-likeness (QED) is 0.157. The van der Waals surface area contributed by atoms with E-state index in [2.05, 4.69) is 35.9 Å².